The van der Waals surface area contributed by atoms with Crippen molar-refractivity contribution < 1.29 is 46.2 Å². The molecule has 0 amide bonds. The average Bonchev–Trinajstić information content (AvgIpc) is 3.65. The lowest BCUT2D eigenvalue weighted by Gasteiger charge is -2.22. The Balaban J connectivity index is 1.52. The van der Waals surface area contributed by atoms with Crippen LogP contribution in [0.4, 0.5) is 0 Å². The molecule has 63 heavy (non-hydrogen) atoms. The predicted molar refractivity (Wildman–Crippen MR) is 253 cm³/mol. The molecule has 5 aromatic carbocycles. The molecule has 0 atom stereocenters. The van der Waals surface area contributed by atoms with Gasteiger partial charge >= 0.3 is 16.8 Å². The van der Waals surface area contributed by atoms with Crippen molar-refractivity contribution in [3.05, 3.63) is 106 Å². The van der Waals surface area contributed by atoms with E-state index >= 15 is 0 Å². The van der Waals surface area contributed by atoms with E-state index in [9.17, 15) is 10.2 Å². The number of benzene rings is 5. The number of aliphatic hydroxyl groups is 2. The van der Waals surface area contributed by atoms with Crippen molar-refractivity contribution in [2.45, 2.75) is 124 Å². The van der Waals surface area contributed by atoms with Gasteiger partial charge in [-0.05, 0) is 145 Å². The predicted octanol–water partition coefficient (Wildman–Crippen LogP) is 14.6. The second-order valence-electron chi connectivity index (χ2n) is 16.1. The van der Waals surface area contributed by atoms with Crippen LogP contribution in [0.25, 0.3) is 33.1 Å². The lowest BCUT2D eigenvalue weighted by molar-refractivity contribution is 0.281. The monoisotopic (exact) mass is 896 g/mol. The minimum Gasteiger partial charge on any atom is -0.497 e. The summed E-state index contributed by atoms with van der Waals surface area (Å²) in [5, 5.41) is 22.6. The third-order valence-electron chi connectivity index (χ3n) is 11.5. The van der Waals surface area contributed by atoms with E-state index in [1.54, 1.807) is 14.2 Å². The topological polar surface area (TPSA) is 122 Å². The Morgan fingerprint density at radius 1 is 0.508 bits per heavy atom. The van der Waals surface area contributed by atoms with E-state index in [0.717, 1.165) is 132 Å². The van der Waals surface area contributed by atoms with Crippen molar-refractivity contribution in [3.63, 3.8) is 0 Å². The quantitative estimate of drug-likeness (QED) is 0.0503. The summed E-state index contributed by atoms with van der Waals surface area (Å²) in [5.41, 5.74) is 8.18. The number of methoxy groups -OCH3 is 2. The number of rotatable bonds is 22. The van der Waals surface area contributed by atoms with Crippen LogP contribution in [-0.4, -0.2) is 24.4 Å². The number of ether oxygens (including phenoxy) is 2. The van der Waals surface area contributed by atoms with Crippen molar-refractivity contribution in [1.29, 1.82) is 0 Å². The zero-order chi connectivity index (χ0) is 44.3. The number of para-hydroxylation sites is 2. The first kappa shape index (κ1) is 46.2. The molecule has 0 spiro atoms. The summed E-state index contributed by atoms with van der Waals surface area (Å²) in [5.74, 6) is 3.82. The molecule has 6 aromatic rings. The van der Waals surface area contributed by atoms with Crippen LogP contribution in [0, 0.1) is 0 Å². The molecule has 0 radical (unpaired) electrons. The van der Waals surface area contributed by atoms with Crippen molar-refractivity contribution in [2.24, 2.45) is 0 Å². The summed E-state index contributed by atoms with van der Waals surface area (Å²) in [7, 11) is -0.644. The number of fused-ring (bicyclic) bond motifs is 4. The molecule has 2 heterocycles. The van der Waals surface area contributed by atoms with Gasteiger partial charge < -0.3 is 46.2 Å². The summed E-state index contributed by atoms with van der Waals surface area (Å²) in [6.07, 6.45) is 11.7. The van der Waals surface area contributed by atoms with Crippen molar-refractivity contribution in [1.82, 2.24) is 0 Å². The zero-order valence-corrected chi connectivity index (χ0v) is 39.4. The largest absolute Gasteiger partial charge is 0.530 e. The first-order valence-corrected chi connectivity index (χ1v) is 24.8. The van der Waals surface area contributed by atoms with Crippen LogP contribution >= 0.6 is 16.8 Å². The molecule has 336 valence electrons. The fourth-order valence-corrected chi connectivity index (χ4v) is 10.4. The molecule has 0 bridgehead atoms. The molecule has 12 heteroatoms. The molecular formula is C51H62O10P2. The van der Waals surface area contributed by atoms with Crippen LogP contribution in [0.2, 0.25) is 0 Å². The van der Waals surface area contributed by atoms with E-state index < -0.39 is 16.8 Å². The van der Waals surface area contributed by atoms with Gasteiger partial charge in [-0.3, -0.25) is 0 Å². The minimum atomic E-state index is -2.16. The molecule has 10 nitrogen and oxygen atoms in total. The highest BCUT2D eigenvalue weighted by Gasteiger charge is 2.33. The van der Waals surface area contributed by atoms with Crippen LogP contribution in [0.5, 0.6) is 34.5 Å². The smallest absolute Gasteiger partial charge is 0.497 e. The first-order valence-electron chi connectivity index (χ1n) is 22.6. The van der Waals surface area contributed by atoms with Gasteiger partial charge in [-0.1, -0.05) is 71.9 Å². The van der Waals surface area contributed by atoms with E-state index in [2.05, 4.69) is 27.7 Å². The third-order valence-corrected chi connectivity index (χ3v) is 13.5. The molecule has 1 aliphatic rings. The summed E-state index contributed by atoms with van der Waals surface area (Å²) >= 11 is 0. The van der Waals surface area contributed by atoms with Crippen LogP contribution in [0.3, 0.4) is 0 Å². The van der Waals surface area contributed by atoms with Crippen LogP contribution in [0.1, 0.15) is 119 Å². The number of unbranched alkanes of at least 4 members (excludes halogenated alkanes) is 5. The lowest BCUT2D eigenvalue weighted by Crippen LogP contribution is -2.03. The fourth-order valence-electron chi connectivity index (χ4n) is 8.06. The maximum Gasteiger partial charge on any atom is 0.530 e. The normalized spacial score (nSPS) is 12.3. The van der Waals surface area contributed by atoms with Gasteiger partial charge in [-0.25, -0.2) is 0 Å². The van der Waals surface area contributed by atoms with Crippen molar-refractivity contribution in [2.75, 3.05) is 14.2 Å². The van der Waals surface area contributed by atoms with E-state index in [1.807, 2.05) is 72.8 Å². The first-order chi connectivity index (χ1) is 30.8. The highest BCUT2D eigenvalue weighted by molar-refractivity contribution is 7.43. The molecule has 1 aromatic heterocycles. The van der Waals surface area contributed by atoms with Gasteiger partial charge in [-0.2, -0.15) is 0 Å². The molecule has 7 rings (SSSR count). The van der Waals surface area contributed by atoms with Gasteiger partial charge in [0.25, 0.3) is 0 Å². The standard InChI is InChI=1S/C51H62O10P2/c1-7-11-15-21-39-29-41(55-6)31-45(44-30-40(54-5)28-38(20-14-10-4)50(44)58-62-56-46-22-16-17-23-47(46)57-62)51(39)61-63-59-48-36(18-12-8-2)24-34(32-52)26-42(48)43-27-35(33-53)25-37(19-13-9-3)49(43)60-63/h16-17,22-31,52-53H,7-15,18-21,32-33H2,1-6H3. The van der Waals surface area contributed by atoms with Crippen LogP contribution < -0.4 is 27.6 Å². The number of hydrogen-bond donors (Lipinski definition) is 2. The summed E-state index contributed by atoms with van der Waals surface area (Å²) in [4.78, 5) is 0. The van der Waals surface area contributed by atoms with E-state index in [4.69, 9.17) is 36.0 Å². The van der Waals surface area contributed by atoms with E-state index in [0.29, 0.717) is 52.1 Å². The van der Waals surface area contributed by atoms with Gasteiger partial charge in [0.2, 0.25) is 0 Å². The number of aliphatic hydroxyl groups excluding tert-OH is 2. The molecule has 0 saturated heterocycles. The van der Waals surface area contributed by atoms with E-state index in [1.165, 1.54) is 0 Å². The van der Waals surface area contributed by atoms with Crippen LogP contribution in [0.15, 0.2) is 81.2 Å². The van der Waals surface area contributed by atoms with Gasteiger partial charge in [-0.15, -0.1) is 0 Å². The second kappa shape index (κ2) is 22.2. The second-order valence-corrected chi connectivity index (χ2v) is 18.1. The van der Waals surface area contributed by atoms with Gasteiger partial charge in [0.1, 0.15) is 34.2 Å². The minimum absolute atomic E-state index is 0.123. The summed E-state index contributed by atoms with van der Waals surface area (Å²) in [6.45, 7) is 8.45. The SMILES string of the molecule is CCCCCc1cc(OC)cc(-c2cc(OC)cc(CCCC)c2OP2Oc3ccccc3O2)c1Op1oc2c(CCCC)cc(CO)cc2c2cc(CO)cc(CCCC)c2o1. The molecule has 0 fully saturated rings. The molecule has 0 saturated carbocycles. The Morgan fingerprint density at radius 2 is 0.952 bits per heavy atom. The Hall–Kier alpha value is -4.85. The molecular weight excluding hydrogens is 834 g/mol. The third kappa shape index (κ3) is 10.8. The van der Waals surface area contributed by atoms with Gasteiger partial charge in [0.15, 0.2) is 11.5 Å². The Labute approximate surface area is 374 Å². The Kier molecular flexibility index (Phi) is 16.2. The molecule has 0 unspecified atom stereocenters. The Morgan fingerprint density at radius 3 is 1.40 bits per heavy atom. The fraction of sp³-hybridized carbons (Fsp3) is 0.412. The van der Waals surface area contributed by atoms with Crippen molar-refractivity contribution >= 4 is 38.8 Å². The van der Waals surface area contributed by atoms with Crippen molar-refractivity contribution in [3.8, 4) is 45.6 Å². The van der Waals surface area contributed by atoms with Gasteiger partial charge in [0.05, 0.1) is 27.4 Å². The van der Waals surface area contributed by atoms with Gasteiger partial charge in [0, 0.05) is 21.9 Å². The summed E-state index contributed by atoms with van der Waals surface area (Å²) in [6, 6.07) is 23.7. The Bertz CT molecular complexity index is 2430. The number of hydrogen-bond acceptors (Lipinski definition) is 10. The molecule has 1 aliphatic heterocycles. The highest BCUT2D eigenvalue weighted by atomic mass is 31.2. The average molecular weight is 897 g/mol. The maximum atomic E-state index is 10.5. The lowest BCUT2D eigenvalue weighted by atomic mass is 9.94. The number of aryl methyl sites for hydroxylation is 4. The van der Waals surface area contributed by atoms with Crippen LogP contribution in [-0.2, 0) is 38.9 Å². The summed E-state index contributed by atoms with van der Waals surface area (Å²) < 4.78 is 52.9. The molecule has 0 aliphatic carbocycles. The highest BCUT2D eigenvalue weighted by Crippen LogP contribution is 2.56. The van der Waals surface area contributed by atoms with E-state index in [-0.39, 0.29) is 13.2 Å². The zero-order valence-electron chi connectivity index (χ0n) is 37.6. The maximum absolute atomic E-state index is 10.5. The molecule has 2 N–H and O–H groups in total.